The Morgan fingerprint density at radius 3 is 1.27 bits per heavy atom. The molecule has 3 atom stereocenters. The molecule has 3 unspecified atom stereocenters. The zero-order valence-corrected chi connectivity index (χ0v) is 39.7. The maximum atomic E-state index is 12.7. The van der Waals surface area contributed by atoms with Gasteiger partial charge in [-0.25, -0.2) is 4.57 Å². The Bertz CT molecular complexity index is 1060. The molecule has 0 saturated heterocycles. The van der Waals surface area contributed by atoms with E-state index in [1.54, 1.807) is 0 Å². The van der Waals surface area contributed by atoms with Crippen LogP contribution >= 0.6 is 7.82 Å². The van der Waals surface area contributed by atoms with Crippen LogP contribution in [0.25, 0.3) is 0 Å². The number of ether oxygens (including phenoxy) is 2. The summed E-state index contributed by atoms with van der Waals surface area (Å²) >= 11 is 0. The molecule has 10 nitrogen and oxygen atoms in total. The van der Waals surface area contributed by atoms with E-state index >= 15 is 0 Å². The van der Waals surface area contributed by atoms with Gasteiger partial charge >= 0.3 is 19.8 Å². The zero-order valence-electron chi connectivity index (χ0n) is 38.8. The first kappa shape index (κ1) is 58.5. The molecule has 0 bridgehead atoms. The molecule has 0 aromatic rings. The minimum Gasteiger partial charge on any atom is -0.480 e. The Kier molecular flexibility index (Phi) is 44.3. The highest BCUT2D eigenvalue weighted by atomic mass is 31.2. The van der Waals surface area contributed by atoms with Gasteiger partial charge in [-0.05, 0) is 64.2 Å². The second-order valence-corrected chi connectivity index (χ2v) is 18.4. The SMILES string of the molecule is CCCCCCCC/C=C\CCCCCCCCCCCCOCC(COP(=O)(O)OCC(N)C(=O)O)OC(=O)CCCCCCCCC/C=C\CCCCCCCCC. The largest absolute Gasteiger partial charge is 0.480 e. The number of carbonyl (C=O) groups is 2. The van der Waals surface area contributed by atoms with Crippen LogP contribution in [-0.2, 0) is 32.7 Å². The fourth-order valence-electron chi connectivity index (χ4n) is 7.07. The highest BCUT2D eigenvalue weighted by molar-refractivity contribution is 7.47. The van der Waals surface area contributed by atoms with E-state index in [4.69, 9.17) is 29.4 Å². The molecule has 0 aliphatic heterocycles. The molecular formula is C49H94NO9P. The van der Waals surface area contributed by atoms with Gasteiger partial charge in [0.1, 0.15) is 12.1 Å². The highest BCUT2D eigenvalue weighted by Gasteiger charge is 2.27. The van der Waals surface area contributed by atoms with Crippen LogP contribution in [0.3, 0.4) is 0 Å². The molecule has 0 aromatic heterocycles. The van der Waals surface area contributed by atoms with Crippen molar-refractivity contribution < 1.29 is 42.7 Å². The Balaban J connectivity index is 4.15. The van der Waals surface area contributed by atoms with E-state index in [0.717, 1.165) is 44.9 Å². The number of nitrogens with two attached hydrogens (primary N) is 1. The number of carboxylic acids is 1. The van der Waals surface area contributed by atoms with Crippen molar-refractivity contribution in [3.05, 3.63) is 24.3 Å². The average Bonchev–Trinajstić information content (AvgIpc) is 3.23. The average molecular weight is 872 g/mol. The Hall–Kier alpha value is -1.55. The molecule has 0 saturated carbocycles. The van der Waals surface area contributed by atoms with Crippen LogP contribution < -0.4 is 5.73 Å². The van der Waals surface area contributed by atoms with Crippen molar-refractivity contribution in [2.24, 2.45) is 5.73 Å². The lowest BCUT2D eigenvalue weighted by atomic mass is 10.1. The van der Waals surface area contributed by atoms with Crippen molar-refractivity contribution in [2.45, 2.75) is 251 Å². The van der Waals surface area contributed by atoms with Crippen molar-refractivity contribution >= 4 is 19.8 Å². The van der Waals surface area contributed by atoms with E-state index in [-0.39, 0.29) is 13.0 Å². The standard InChI is InChI=1S/C49H94NO9P/c1-3-5-7-9-11-13-15-17-19-21-23-24-26-28-30-32-34-36-38-40-42-56-43-46(44-57-60(54,55)58-45-47(50)49(52)53)59-48(51)41-39-37-35-33-31-29-27-25-22-20-18-16-14-12-10-8-6-4-2/h17,19-20,22,46-47H,3-16,18,21,23-45,50H2,1-2H3,(H,52,53)(H,54,55)/b19-17-,22-20-. The number of carbonyl (C=O) groups excluding carboxylic acids is 1. The summed E-state index contributed by atoms with van der Waals surface area (Å²) < 4.78 is 33.5. The molecular weight excluding hydrogens is 778 g/mol. The fourth-order valence-corrected chi connectivity index (χ4v) is 7.84. The van der Waals surface area contributed by atoms with Gasteiger partial charge in [-0.1, -0.05) is 192 Å². The summed E-state index contributed by atoms with van der Waals surface area (Å²) in [7, 11) is -4.62. The number of carboxylic acid groups (broad SMARTS) is 1. The summed E-state index contributed by atoms with van der Waals surface area (Å²) in [4.78, 5) is 33.6. The van der Waals surface area contributed by atoms with Gasteiger partial charge in [-0.15, -0.1) is 0 Å². The van der Waals surface area contributed by atoms with Crippen LogP contribution in [0.1, 0.15) is 239 Å². The molecule has 0 spiro atoms. The number of hydrogen-bond acceptors (Lipinski definition) is 8. The van der Waals surface area contributed by atoms with Crippen molar-refractivity contribution in [2.75, 3.05) is 26.4 Å². The number of phosphoric acid groups is 1. The summed E-state index contributed by atoms with van der Waals surface area (Å²) in [6, 6.07) is -1.47. The van der Waals surface area contributed by atoms with Crippen molar-refractivity contribution in [3.8, 4) is 0 Å². The van der Waals surface area contributed by atoms with Crippen LogP contribution in [0.2, 0.25) is 0 Å². The molecule has 0 amide bonds. The lowest BCUT2D eigenvalue weighted by molar-refractivity contribution is -0.154. The monoisotopic (exact) mass is 872 g/mol. The molecule has 0 fully saturated rings. The summed E-state index contributed by atoms with van der Waals surface area (Å²) in [5.41, 5.74) is 5.37. The van der Waals surface area contributed by atoms with E-state index in [1.807, 2.05) is 0 Å². The minimum atomic E-state index is -4.62. The third kappa shape index (κ3) is 44.5. The summed E-state index contributed by atoms with van der Waals surface area (Å²) in [6.07, 6.45) is 50.9. The van der Waals surface area contributed by atoms with Gasteiger partial charge < -0.3 is 25.2 Å². The Labute approximate surface area is 368 Å². The second-order valence-electron chi connectivity index (χ2n) is 16.9. The molecule has 4 N–H and O–H groups in total. The highest BCUT2D eigenvalue weighted by Crippen LogP contribution is 2.43. The smallest absolute Gasteiger partial charge is 0.472 e. The topological polar surface area (TPSA) is 155 Å². The lowest BCUT2D eigenvalue weighted by Gasteiger charge is -2.20. The minimum absolute atomic E-state index is 0.0175. The molecule has 354 valence electrons. The summed E-state index contributed by atoms with van der Waals surface area (Å²) in [5, 5.41) is 8.92. The maximum Gasteiger partial charge on any atom is 0.472 e. The van der Waals surface area contributed by atoms with Crippen molar-refractivity contribution in [3.63, 3.8) is 0 Å². The molecule has 0 heterocycles. The molecule has 0 rings (SSSR count). The molecule has 0 aliphatic carbocycles. The molecule has 0 radical (unpaired) electrons. The fraction of sp³-hybridized carbons (Fsp3) is 0.878. The number of hydrogen-bond donors (Lipinski definition) is 3. The van der Waals surface area contributed by atoms with Crippen LogP contribution in [0.15, 0.2) is 24.3 Å². The Morgan fingerprint density at radius 2 is 0.867 bits per heavy atom. The van der Waals surface area contributed by atoms with Gasteiger partial charge in [-0.2, -0.15) is 0 Å². The second kappa shape index (κ2) is 45.5. The van der Waals surface area contributed by atoms with E-state index in [1.165, 1.54) is 167 Å². The van der Waals surface area contributed by atoms with Crippen LogP contribution in [0.4, 0.5) is 0 Å². The molecule has 60 heavy (non-hydrogen) atoms. The quantitative estimate of drug-likeness (QED) is 0.0233. The van der Waals surface area contributed by atoms with Gasteiger partial charge in [0.25, 0.3) is 0 Å². The number of aliphatic carboxylic acids is 1. The molecule has 0 aromatic carbocycles. The number of phosphoric ester groups is 1. The van der Waals surface area contributed by atoms with Crippen LogP contribution in [-0.4, -0.2) is 60.5 Å². The summed E-state index contributed by atoms with van der Waals surface area (Å²) in [5.74, 6) is -1.78. The first-order valence-corrected chi connectivity index (χ1v) is 26.4. The predicted octanol–water partition coefficient (Wildman–Crippen LogP) is 14.3. The van der Waals surface area contributed by atoms with E-state index < -0.39 is 45.1 Å². The predicted molar refractivity (Wildman–Crippen MR) is 249 cm³/mol. The number of rotatable bonds is 48. The van der Waals surface area contributed by atoms with E-state index in [0.29, 0.717) is 13.0 Å². The van der Waals surface area contributed by atoms with Crippen molar-refractivity contribution in [1.82, 2.24) is 0 Å². The maximum absolute atomic E-state index is 12.7. The van der Waals surface area contributed by atoms with E-state index in [2.05, 4.69) is 38.2 Å². The van der Waals surface area contributed by atoms with Gasteiger partial charge in [0.15, 0.2) is 0 Å². The Morgan fingerprint density at radius 1 is 0.517 bits per heavy atom. The van der Waals surface area contributed by atoms with E-state index in [9.17, 15) is 19.0 Å². The van der Waals surface area contributed by atoms with Gasteiger partial charge in [0.2, 0.25) is 0 Å². The molecule has 0 aliphatic rings. The molecule has 11 heteroatoms. The van der Waals surface area contributed by atoms with Crippen molar-refractivity contribution in [1.29, 1.82) is 0 Å². The van der Waals surface area contributed by atoms with Gasteiger partial charge in [-0.3, -0.25) is 18.6 Å². The lowest BCUT2D eigenvalue weighted by Crippen LogP contribution is -2.34. The zero-order chi connectivity index (χ0) is 44.0. The van der Waals surface area contributed by atoms with Gasteiger partial charge in [0.05, 0.1) is 19.8 Å². The van der Waals surface area contributed by atoms with Crippen LogP contribution in [0, 0.1) is 0 Å². The first-order chi connectivity index (χ1) is 29.2. The first-order valence-electron chi connectivity index (χ1n) is 24.9. The number of allylic oxidation sites excluding steroid dienone is 4. The third-order valence-corrected chi connectivity index (χ3v) is 11.9. The summed E-state index contributed by atoms with van der Waals surface area (Å²) in [6.45, 7) is 3.91. The van der Waals surface area contributed by atoms with Gasteiger partial charge in [0, 0.05) is 13.0 Å². The number of unbranched alkanes of at least 4 members (excludes halogenated alkanes) is 30. The number of esters is 1. The normalized spacial score (nSPS) is 13.9. The van der Waals surface area contributed by atoms with Crippen LogP contribution in [0.5, 0.6) is 0 Å². The third-order valence-electron chi connectivity index (χ3n) is 11.0.